The SMILES string of the molecule is CCN1C(=O)C(=C/C=C/c2cc#ccc2)C(=O)N(CC)C1=O. The molecule has 5 heteroatoms. The summed E-state index contributed by atoms with van der Waals surface area (Å²) in [5.74, 6) is -1.11. The molecule has 0 aliphatic carbocycles. The number of carbonyl (C=O) groups excluding carboxylic acids is 3. The number of rotatable bonds is 4. The van der Waals surface area contributed by atoms with Gasteiger partial charge in [-0.15, -0.1) is 0 Å². The van der Waals surface area contributed by atoms with Crippen LogP contribution in [0, 0.1) is 12.1 Å². The van der Waals surface area contributed by atoms with Crippen LogP contribution in [0.3, 0.4) is 0 Å². The molecule has 1 saturated heterocycles. The Hall–Kier alpha value is -2.87. The van der Waals surface area contributed by atoms with E-state index in [-0.39, 0.29) is 18.7 Å². The van der Waals surface area contributed by atoms with Gasteiger partial charge in [0.25, 0.3) is 11.8 Å². The molecule has 0 aromatic heterocycles. The second kappa shape index (κ2) is 6.72. The molecule has 22 heavy (non-hydrogen) atoms. The van der Waals surface area contributed by atoms with Crippen LogP contribution in [-0.2, 0) is 9.59 Å². The van der Waals surface area contributed by atoms with Crippen LogP contribution in [0.2, 0.25) is 0 Å². The lowest BCUT2D eigenvalue weighted by Crippen LogP contribution is -2.56. The van der Waals surface area contributed by atoms with Crippen molar-refractivity contribution < 1.29 is 14.4 Å². The Morgan fingerprint density at radius 2 is 1.68 bits per heavy atom. The highest BCUT2D eigenvalue weighted by atomic mass is 16.2. The summed E-state index contributed by atoms with van der Waals surface area (Å²) in [5.41, 5.74) is 0.869. The maximum Gasteiger partial charge on any atom is 0.333 e. The number of carbonyl (C=O) groups is 3. The molecule has 0 spiro atoms. The zero-order valence-corrected chi connectivity index (χ0v) is 12.5. The maximum atomic E-state index is 12.2. The molecule has 0 N–H and O–H groups in total. The first-order valence-electron chi connectivity index (χ1n) is 7.04. The number of imide groups is 2. The minimum Gasteiger partial charge on any atom is -0.268 e. The van der Waals surface area contributed by atoms with Gasteiger partial charge < -0.3 is 0 Å². The minimum absolute atomic E-state index is 0.00831. The second-order valence-electron chi connectivity index (χ2n) is 4.59. The third-order valence-electron chi connectivity index (χ3n) is 3.28. The Balaban J connectivity index is 2.29. The van der Waals surface area contributed by atoms with Crippen molar-refractivity contribution in [3.05, 3.63) is 53.6 Å². The Labute approximate surface area is 129 Å². The number of hydrogen-bond acceptors (Lipinski definition) is 3. The van der Waals surface area contributed by atoms with Crippen molar-refractivity contribution in [2.45, 2.75) is 13.8 Å². The lowest BCUT2D eigenvalue weighted by molar-refractivity contribution is -0.135. The Morgan fingerprint density at radius 3 is 2.18 bits per heavy atom. The monoisotopic (exact) mass is 296 g/mol. The maximum absolute atomic E-state index is 12.2. The predicted molar refractivity (Wildman–Crippen MR) is 81.4 cm³/mol. The minimum atomic E-state index is -0.561. The second-order valence-corrected chi connectivity index (χ2v) is 4.59. The van der Waals surface area contributed by atoms with Crippen molar-refractivity contribution in [3.8, 4) is 0 Å². The molecular formula is C17H16N2O3. The first kappa shape index (κ1) is 15.5. The van der Waals surface area contributed by atoms with Crippen molar-refractivity contribution in [3.63, 3.8) is 0 Å². The van der Waals surface area contributed by atoms with E-state index in [4.69, 9.17) is 0 Å². The van der Waals surface area contributed by atoms with Crippen LogP contribution in [0.15, 0.2) is 35.9 Å². The molecule has 0 unspecified atom stereocenters. The van der Waals surface area contributed by atoms with Crippen LogP contribution in [0.1, 0.15) is 19.4 Å². The summed E-state index contributed by atoms with van der Waals surface area (Å²) < 4.78 is 0. The molecule has 4 amide bonds. The summed E-state index contributed by atoms with van der Waals surface area (Å²) in [6.45, 7) is 3.85. The lowest BCUT2D eigenvalue weighted by Gasteiger charge is -2.32. The van der Waals surface area contributed by atoms with E-state index in [9.17, 15) is 14.4 Å². The van der Waals surface area contributed by atoms with Gasteiger partial charge in [-0.3, -0.25) is 19.4 Å². The average Bonchev–Trinajstić information content (AvgIpc) is 2.52. The highest BCUT2D eigenvalue weighted by Crippen LogP contribution is 2.17. The first-order chi connectivity index (χ1) is 10.6. The van der Waals surface area contributed by atoms with Gasteiger partial charge in [-0.25, -0.2) is 4.79 Å². The van der Waals surface area contributed by atoms with E-state index < -0.39 is 17.8 Å². The first-order valence-corrected chi connectivity index (χ1v) is 7.04. The van der Waals surface area contributed by atoms with Gasteiger partial charge in [0, 0.05) is 13.1 Å². The Kier molecular flexibility index (Phi) is 4.74. The van der Waals surface area contributed by atoms with Crippen molar-refractivity contribution in [1.82, 2.24) is 9.80 Å². The van der Waals surface area contributed by atoms with Crippen LogP contribution < -0.4 is 0 Å². The van der Waals surface area contributed by atoms with Crippen molar-refractivity contribution >= 4 is 23.9 Å². The van der Waals surface area contributed by atoms with Gasteiger partial charge in [-0.05, 0) is 43.7 Å². The van der Waals surface area contributed by atoms with Crippen molar-refractivity contribution in [2.24, 2.45) is 0 Å². The van der Waals surface area contributed by atoms with Crippen molar-refractivity contribution in [1.29, 1.82) is 0 Å². The predicted octanol–water partition coefficient (Wildman–Crippen LogP) is 2.06. The quantitative estimate of drug-likeness (QED) is 0.631. The Morgan fingerprint density at radius 1 is 1.05 bits per heavy atom. The summed E-state index contributed by atoms with van der Waals surface area (Å²) in [4.78, 5) is 38.6. The fourth-order valence-electron chi connectivity index (χ4n) is 2.12. The van der Waals surface area contributed by atoms with Gasteiger partial charge in [0.1, 0.15) is 5.57 Å². The van der Waals surface area contributed by atoms with E-state index >= 15 is 0 Å². The molecule has 1 aromatic carbocycles. The van der Waals surface area contributed by atoms with E-state index in [2.05, 4.69) is 12.1 Å². The summed E-state index contributed by atoms with van der Waals surface area (Å²) >= 11 is 0. The standard InChI is InChI=1S/C17H16N2O3/c1-3-18-15(20)14(16(21)19(4-2)17(18)22)12-8-11-13-9-6-5-7-10-13/h6,8-12H,3-4H2,1-2H3/b11-8+. The molecular weight excluding hydrogens is 280 g/mol. The number of likely N-dealkylation sites (N-methyl/N-ethyl adjacent to an activating group) is 2. The molecule has 2 rings (SSSR count). The zero-order valence-electron chi connectivity index (χ0n) is 12.5. The third kappa shape index (κ3) is 2.91. The highest BCUT2D eigenvalue weighted by molar-refractivity contribution is 6.28. The molecule has 0 atom stereocenters. The van der Waals surface area contributed by atoms with E-state index in [1.807, 2.05) is 6.07 Å². The lowest BCUT2D eigenvalue weighted by atomic mass is 10.1. The molecule has 0 bridgehead atoms. The van der Waals surface area contributed by atoms with Gasteiger partial charge >= 0.3 is 6.03 Å². The van der Waals surface area contributed by atoms with Crippen LogP contribution in [0.25, 0.3) is 6.08 Å². The van der Waals surface area contributed by atoms with Crippen LogP contribution >= 0.6 is 0 Å². The molecule has 1 heterocycles. The van der Waals surface area contributed by atoms with Crippen LogP contribution in [0.4, 0.5) is 4.79 Å². The zero-order chi connectivity index (χ0) is 16.1. The summed E-state index contributed by atoms with van der Waals surface area (Å²) in [6, 6.07) is 10.3. The smallest absolute Gasteiger partial charge is 0.268 e. The normalized spacial score (nSPS) is 15.5. The average molecular weight is 296 g/mol. The fraction of sp³-hybridized carbons (Fsp3) is 0.235. The summed E-state index contributed by atoms with van der Waals surface area (Å²) in [5, 5.41) is 0. The molecule has 112 valence electrons. The number of urea groups is 1. The molecule has 5 nitrogen and oxygen atoms in total. The van der Waals surface area contributed by atoms with Gasteiger partial charge in [-0.1, -0.05) is 24.3 Å². The molecule has 0 radical (unpaired) electrons. The van der Waals surface area contributed by atoms with Gasteiger partial charge in [0.05, 0.1) is 0 Å². The topological polar surface area (TPSA) is 57.7 Å². The molecule has 1 aliphatic heterocycles. The van der Waals surface area contributed by atoms with E-state index in [0.29, 0.717) is 0 Å². The Bertz CT molecular complexity index is 619. The van der Waals surface area contributed by atoms with E-state index in [1.165, 1.54) is 6.08 Å². The van der Waals surface area contributed by atoms with Gasteiger partial charge in [0.15, 0.2) is 0 Å². The number of barbiturate groups is 1. The van der Waals surface area contributed by atoms with Crippen molar-refractivity contribution in [2.75, 3.05) is 13.1 Å². The molecule has 1 aliphatic rings. The summed E-state index contributed by atoms with van der Waals surface area (Å²) in [6.07, 6.45) is 4.81. The summed E-state index contributed by atoms with van der Waals surface area (Å²) in [7, 11) is 0. The highest BCUT2D eigenvalue weighted by Gasteiger charge is 2.39. The number of allylic oxidation sites excluding steroid dienone is 2. The fourth-order valence-corrected chi connectivity index (χ4v) is 2.12. The number of hydrogen-bond donors (Lipinski definition) is 0. The van der Waals surface area contributed by atoms with Gasteiger partial charge in [0.2, 0.25) is 0 Å². The molecule has 0 saturated carbocycles. The number of amides is 4. The van der Waals surface area contributed by atoms with E-state index in [1.54, 1.807) is 38.1 Å². The number of nitrogens with zero attached hydrogens (tertiary/aromatic N) is 2. The van der Waals surface area contributed by atoms with E-state index in [0.717, 1.165) is 15.4 Å². The molecule has 1 aromatic rings. The largest absolute Gasteiger partial charge is 0.333 e. The third-order valence-corrected chi connectivity index (χ3v) is 3.28. The van der Waals surface area contributed by atoms with Crippen LogP contribution in [0.5, 0.6) is 0 Å². The molecule has 1 fully saturated rings. The van der Waals surface area contributed by atoms with Crippen LogP contribution in [-0.4, -0.2) is 40.7 Å². The van der Waals surface area contributed by atoms with Gasteiger partial charge in [-0.2, -0.15) is 0 Å².